The Bertz CT molecular complexity index is 494. The lowest BCUT2D eigenvalue weighted by molar-refractivity contribution is -0.141. The molecule has 1 aromatic heterocycles. The lowest BCUT2D eigenvalue weighted by atomic mass is 10.2. The molecule has 0 saturated carbocycles. The first-order valence-electron chi connectivity index (χ1n) is 6.38. The number of rotatable bonds is 3. The fourth-order valence-electron chi connectivity index (χ4n) is 2.25. The Morgan fingerprint density at radius 3 is 2.85 bits per heavy atom. The minimum absolute atomic E-state index is 0.0255. The first-order valence-corrected chi connectivity index (χ1v) is 6.38. The Labute approximate surface area is 116 Å². The molecule has 0 bridgehead atoms. The summed E-state index contributed by atoms with van der Waals surface area (Å²) in [6.07, 6.45) is 0.880. The molecule has 2 rings (SSSR count). The molecule has 1 saturated heterocycles. The van der Waals surface area contributed by atoms with Gasteiger partial charge in [-0.25, -0.2) is 9.59 Å². The molecule has 0 spiro atoms. The number of carbonyl (C=O) groups is 2. The number of likely N-dealkylation sites (tertiary alicyclic amines) is 1. The van der Waals surface area contributed by atoms with Crippen molar-refractivity contribution in [1.82, 2.24) is 15.2 Å². The number of aliphatic carboxylic acids is 1. The number of urea groups is 1. The van der Waals surface area contributed by atoms with Gasteiger partial charge in [0.1, 0.15) is 6.04 Å². The van der Waals surface area contributed by atoms with Crippen molar-refractivity contribution in [1.29, 1.82) is 0 Å². The normalized spacial score (nSPS) is 23.4. The molecule has 108 valence electrons. The second kappa shape index (κ2) is 5.87. The van der Waals surface area contributed by atoms with Crippen LogP contribution in [0.4, 0.5) is 4.79 Å². The van der Waals surface area contributed by atoms with E-state index in [9.17, 15) is 14.7 Å². The van der Waals surface area contributed by atoms with Gasteiger partial charge in [0.2, 0.25) is 0 Å². The van der Waals surface area contributed by atoms with Gasteiger partial charge in [-0.05, 0) is 19.1 Å². The van der Waals surface area contributed by atoms with Crippen molar-refractivity contribution in [2.24, 2.45) is 0 Å². The van der Waals surface area contributed by atoms with Crippen LogP contribution in [0.15, 0.2) is 24.4 Å². The number of carboxylic acid groups (broad SMARTS) is 1. The third-order valence-corrected chi connectivity index (χ3v) is 3.30. The number of β-amino-alcohol motifs (C(OH)–C–C–N with tert-alkyl or cyclic N) is 1. The Morgan fingerprint density at radius 2 is 2.25 bits per heavy atom. The van der Waals surface area contributed by atoms with E-state index in [2.05, 4.69) is 10.3 Å². The molecule has 3 N–H and O–H groups in total. The summed E-state index contributed by atoms with van der Waals surface area (Å²) in [5.41, 5.74) is 0.687. The van der Waals surface area contributed by atoms with Crippen LogP contribution < -0.4 is 5.32 Å². The Hall–Kier alpha value is -2.15. The van der Waals surface area contributed by atoms with Crippen LogP contribution in [0, 0.1) is 0 Å². The van der Waals surface area contributed by atoms with E-state index in [1.165, 1.54) is 0 Å². The molecule has 7 heteroatoms. The van der Waals surface area contributed by atoms with Gasteiger partial charge in [-0.1, -0.05) is 6.07 Å². The van der Waals surface area contributed by atoms with Gasteiger partial charge in [-0.2, -0.15) is 0 Å². The molecule has 1 aliphatic rings. The SMILES string of the molecule is CC(NC(=O)N1C[C@H](O)C[C@@H]1C(=O)O)c1ccccn1. The molecule has 1 aromatic rings. The third kappa shape index (κ3) is 3.05. The van der Waals surface area contributed by atoms with E-state index in [1.807, 2.05) is 6.07 Å². The van der Waals surface area contributed by atoms with Gasteiger partial charge in [-0.3, -0.25) is 4.98 Å². The molecular formula is C13H17N3O4. The maximum atomic E-state index is 12.1. The molecule has 20 heavy (non-hydrogen) atoms. The zero-order valence-corrected chi connectivity index (χ0v) is 11.1. The summed E-state index contributed by atoms with van der Waals surface area (Å²) in [6.45, 7) is 1.79. The molecule has 0 radical (unpaired) electrons. The number of aliphatic hydroxyl groups is 1. The highest BCUT2D eigenvalue weighted by Crippen LogP contribution is 2.19. The molecule has 0 aliphatic carbocycles. The van der Waals surface area contributed by atoms with Crippen LogP contribution in [0.25, 0.3) is 0 Å². The van der Waals surface area contributed by atoms with Gasteiger partial charge < -0.3 is 20.4 Å². The fraction of sp³-hybridized carbons (Fsp3) is 0.462. The van der Waals surface area contributed by atoms with Crippen molar-refractivity contribution in [3.63, 3.8) is 0 Å². The predicted octanol–water partition coefficient (Wildman–Crippen LogP) is 0.372. The van der Waals surface area contributed by atoms with Crippen LogP contribution in [-0.2, 0) is 4.79 Å². The van der Waals surface area contributed by atoms with E-state index in [0.29, 0.717) is 5.69 Å². The molecule has 7 nitrogen and oxygen atoms in total. The maximum absolute atomic E-state index is 12.1. The topological polar surface area (TPSA) is 103 Å². The number of hydrogen-bond donors (Lipinski definition) is 3. The number of carboxylic acids is 1. The molecule has 1 fully saturated rings. The van der Waals surface area contributed by atoms with E-state index in [4.69, 9.17) is 5.11 Å². The Kier molecular flexibility index (Phi) is 4.19. The number of hydrogen-bond acceptors (Lipinski definition) is 4. The van der Waals surface area contributed by atoms with Crippen LogP contribution in [0.2, 0.25) is 0 Å². The van der Waals surface area contributed by atoms with E-state index in [0.717, 1.165) is 4.90 Å². The number of aliphatic hydroxyl groups excluding tert-OH is 1. The van der Waals surface area contributed by atoms with Gasteiger partial charge in [0.25, 0.3) is 0 Å². The molecule has 3 atom stereocenters. The molecule has 2 amide bonds. The second-order valence-corrected chi connectivity index (χ2v) is 4.82. The van der Waals surface area contributed by atoms with Gasteiger partial charge in [0.05, 0.1) is 17.8 Å². The van der Waals surface area contributed by atoms with E-state index in [1.54, 1.807) is 25.3 Å². The lowest BCUT2D eigenvalue weighted by Crippen LogP contribution is -2.46. The summed E-state index contributed by atoms with van der Waals surface area (Å²) in [7, 11) is 0. The average molecular weight is 279 g/mol. The van der Waals surface area contributed by atoms with Crippen LogP contribution in [0.5, 0.6) is 0 Å². The highest BCUT2D eigenvalue weighted by Gasteiger charge is 2.39. The van der Waals surface area contributed by atoms with E-state index >= 15 is 0 Å². The summed E-state index contributed by atoms with van der Waals surface area (Å²) in [5, 5.41) is 21.3. The summed E-state index contributed by atoms with van der Waals surface area (Å²) in [4.78, 5) is 28.4. The quantitative estimate of drug-likeness (QED) is 0.742. The van der Waals surface area contributed by atoms with Crippen molar-refractivity contribution in [3.05, 3.63) is 30.1 Å². The molecule has 1 aliphatic heterocycles. The number of carbonyl (C=O) groups excluding carboxylic acids is 1. The zero-order valence-electron chi connectivity index (χ0n) is 11.1. The van der Waals surface area contributed by atoms with Gasteiger partial charge in [0, 0.05) is 19.2 Å². The minimum atomic E-state index is -1.11. The Balaban J connectivity index is 2.02. The average Bonchev–Trinajstić information content (AvgIpc) is 2.82. The molecule has 1 unspecified atom stereocenters. The van der Waals surface area contributed by atoms with Gasteiger partial charge in [0.15, 0.2) is 0 Å². The van der Waals surface area contributed by atoms with Crippen molar-refractivity contribution in [2.75, 3.05) is 6.54 Å². The first kappa shape index (κ1) is 14.3. The van der Waals surface area contributed by atoms with Gasteiger partial charge in [-0.15, -0.1) is 0 Å². The largest absolute Gasteiger partial charge is 0.480 e. The number of nitrogens with one attached hydrogen (secondary N) is 1. The number of amides is 2. The lowest BCUT2D eigenvalue weighted by Gasteiger charge is -2.24. The zero-order chi connectivity index (χ0) is 14.7. The second-order valence-electron chi connectivity index (χ2n) is 4.82. The molecule has 2 heterocycles. The monoisotopic (exact) mass is 279 g/mol. The van der Waals surface area contributed by atoms with E-state index < -0.39 is 24.1 Å². The molecule has 0 aromatic carbocycles. The number of nitrogens with zero attached hydrogens (tertiary/aromatic N) is 2. The summed E-state index contributed by atoms with van der Waals surface area (Å²) < 4.78 is 0. The standard InChI is InChI=1S/C13H17N3O4/c1-8(10-4-2-3-5-14-10)15-13(20)16-7-9(17)6-11(16)12(18)19/h2-5,8-9,11,17H,6-7H2,1H3,(H,15,20)(H,18,19)/t8?,9-,11-/m1/s1. The predicted molar refractivity (Wildman–Crippen MR) is 69.9 cm³/mol. The summed E-state index contributed by atoms with van der Waals surface area (Å²) in [5.74, 6) is -1.11. The van der Waals surface area contributed by atoms with E-state index in [-0.39, 0.29) is 19.0 Å². The van der Waals surface area contributed by atoms with Crippen molar-refractivity contribution < 1.29 is 19.8 Å². The first-order chi connectivity index (χ1) is 9.49. The van der Waals surface area contributed by atoms with Crippen LogP contribution >= 0.6 is 0 Å². The van der Waals surface area contributed by atoms with Crippen LogP contribution in [-0.4, -0.2) is 50.8 Å². The van der Waals surface area contributed by atoms with Crippen molar-refractivity contribution in [2.45, 2.75) is 31.5 Å². The highest BCUT2D eigenvalue weighted by molar-refractivity contribution is 5.83. The Morgan fingerprint density at radius 1 is 1.50 bits per heavy atom. The minimum Gasteiger partial charge on any atom is -0.480 e. The van der Waals surface area contributed by atoms with Crippen molar-refractivity contribution >= 4 is 12.0 Å². The van der Waals surface area contributed by atoms with Gasteiger partial charge >= 0.3 is 12.0 Å². The summed E-state index contributed by atoms with van der Waals surface area (Å²) >= 11 is 0. The fourth-order valence-corrected chi connectivity index (χ4v) is 2.25. The smallest absolute Gasteiger partial charge is 0.326 e. The molecular weight excluding hydrogens is 262 g/mol. The number of pyridine rings is 1. The summed E-state index contributed by atoms with van der Waals surface area (Å²) in [6, 6.07) is 3.53. The van der Waals surface area contributed by atoms with Crippen LogP contribution in [0.3, 0.4) is 0 Å². The highest BCUT2D eigenvalue weighted by atomic mass is 16.4. The number of aromatic nitrogens is 1. The maximum Gasteiger partial charge on any atom is 0.326 e. The third-order valence-electron chi connectivity index (χ3n) is 3.30. The van der Waals surface area contributed by atoms with Crippen LogP contribution in [0.1, 0.15) is 25.1 Å². The van der Waals surface area contributed by atoms with Crippen molar-refractivity contribution in [3.8, 4) is 0 Å².